The molecule has 0 radical (unpaired) electrons. The maximum Gasteiger partial charge on any atom is 0.357 e. The van der Waals surface area contributed by atoms with E-state index in [2.05, 4.69) is 4.98 Å². The molecule has 0 saturated heterocycles. The number of aromatic nitrogens is 2. The minimum Gasteiger partial charge on any atom is -0.476 e. The van der Waals surface area contributed by atoms with Gasteiger partial charge in [-0.2, -0.15) is 4.39 Å². The Morgan fingerprint density at radius 3 is 2.65 bits per heavy atom. The van der Waals surface area contributed by atoms with Gasteiger partial charge < -0.3 is 9.67 Å². The number of hydrogen-bond acceptors (Lipinski definition) is 2. The number of rotatable bonds is 3. The van der Waals surface area contributed by atoms with Crippen molar-refractivity contribution in [1.82, 2.24) is 9.55 Å². The number of carbonyl (C=O) groups is 1. The van der Waals surface area contributed by atoms with E-state index >= 15 is 0 Å². The highest BCUT2D eigenvalue weighted by Gasteiger charge is 2.21. The number of carboxylic acids is 1. The molecule has 1 aromatic carbocycles. The van der Waals surface area contributed by atoms with Gasteiger partial charge in [-0.15, -0.1) is 0 Å². The first kappa shape index (κ1) is 11.3. The topological polar surface area (TPSA) is 55.1 Å². The minimum atomic E-state index is -1.32. The van der Waals surface area contributed by atoms with Crippen molar-refractivity contribution in [2.75, 3.05) is 0 Å². The first-order valence-corrected chi connectivity index (χ1v) is 5.12. The molecule has 5 heteroatoms. The number of hydrogen-bond donors (Lipinski definition) is 1. The number of carboxylic acid groups (broad SMARTS) is 1. The highest BCUT2D eigenvalue weighted by Crippen LogP contribution is 2.20. The summed E-state index contributed by atoms with van der Waals surface area (Å²) in [6, 6.07) is 8.99. The molecule has 88 valence electrons. The van der Waals surface area contributed by atoms with Gasteiger partial charge in [0.1, 0.15) is 0 Å². The number of halogens is 1. The summed E-state index contributed by atoms with van der Waals surface area (Å²) < 4.78 is 14.5. The summed E-state index contributed by atoms with van der Waals surface area (Å²) in [6.45, 7) is 1.79. The Kier molecular flexibility index (Phi) is 2.91. The fourth-order valence-corrected chi connectivity index (χ4v) is 1.72. The quantitative estimate of drug-likeness (QED) is 0.886. The maximum absolute atomic E-state index is 13.2. The van der Waals surface area contributed by atoms with Gasteiger partial charge in [-0.05, 0) is 12.5 Å². The molecule has 1 heterocycles. The third kappa shape index (κ3) is 2.04. The average Bonchev–Trinajstić information content (AvgIpc) is 2.71. The van der Waals surface area contributed by atoms with E-state index in [9.17, 15) is 9.18 Å². The first-order chi connectivity index (χ1) is 8.11. The lowest BCUT2D eigenvalue weighted by atomic mass is 10.1. The van der Waals surface area contributed by atoms with E-state index in [0.717, 1.165) is 5.56 Å². The van der Waals surface area contributed by atoms with E-state index in [1.807, 2.05) is 30.3 Å². The molecule has 0 spiro atoms. The third-order valence-electron chi connectivity index (χ3n) is 2.65. The van der Waals surface area contributed by atoms with Crippen LogP contribution in [0.3, 0.4) is 0 Å². The second kappa shape index (κ2) is 4.37. The predicted molar refractivity (Wildman–Crippen MR) is 59.4 cm³/mol. The van der Waals surface area contributed by atoms with Gasteiger partial charge >= 0.3 is 5.97 Å². The fourth-order valence-electron chi connectivity index (χ4n) is 1.72. The normalized spacial score (nSPS) is 12.4. The molecule has 0 unspecified atom stereocenters. The van der Waals surface area contributed by atoms with Gasteiger partial charge in [-0.1, -0.05) is 30.3 Å². The fraction of sp³-hybridized carbons (Fsp3) is 0.167. The average molecular weight is 234 g/mol. The van der Waals surface area contributed by atoms with Gasteiger partial charge in [0.25, 0.3) is 0 Å². The van der Waals surface area contributed by atoms with E-state index in [-0.39, 0.29) is 6.04 Å². The van der Waals surface area contributed by atoms with Gasteiger partial charge in [0.05, 0.1) is 12.4 Å². The summed E-state index contributed by atoms with van der Waals surface area (Å²) in [7, 11) is 0. The number of nitrogens with zero attached hydrogens (tertiary/aromatic N) is 2. The first-order valence-electron chi connectivity index (χ1n) is 5.12. The Hall–Kier alpha value is -2.17. The zero-order valence-corrected chi connectivity index (χ0v) is 9.17. The lowest BCUT2D eigenvalue weighted by molar-refractivity contribution is 0.0678. The van der Waals surface area contributed by atoms with Crippen LogP contribution >= 0.6 is 0 Å². The second-order valence-electron chi connectivity index (χ2n) is 3.68. The van der Waals surface area contributed by atoms with E-state index in [1.54, 1.807) is 6.92 Å². The van der Waals surface area contributed by atoms with Crippen LogP contribution in [0, 0.1) is 5.95 Å². The molecule has 0 saturated carbocycles. The number of benzene rings is 1. The molecule has 2 rings (SSSR count). The summed E-state index contributed by atoms with van der Waals surface area (Å²) in [4.78, 5) is 14.3. The molecule has 1 aromatic heterocycles. The zero-order valence-electron chi connectivity index (χ0n) is 9.17. The predicted octanol–water partition coefficient (Wildman–Crippen LogP) is 2.33. The van der Waals surface area contributed by atoms with Gasteiger partial charge in [0.15, 0.2) is 5.69 Å². The molecular weight excluding hydrogens is 223 g/mol. The van der Waals surface area contributed by atoms with Crippen molar-refractivity contribution in [3.8, 4) is 0 Å². The Labute approximate surface area is 97.3 Å². The largest absolute Gasteiger partial charge is 0.476 e. The van der Waals surface area contributed by atoms with Crippen molar-refractivity contribution in [1.29, 1.82) is 0 Å². The van der Waals surface area contributed by atoms with Crippen LogP contribution in [-0.4, -0.2) is 20.6 Å². The van der Waals surface area contributed by atoms with E-state index in [0.29, 0.717) is 0 Å². The van der Waals surface area contributed by atoms with Crippen LogP contribution in [0.25, 0.3) is 0 Å². The smallest absolute Gasteiger partial charge is 0.357 e. The van der Waals surface area contributed by atoms with Gasteiger partial charge in [0, 0.05) is 0 Å². The summed E-state index contributed by atoms with van der Waals surface area (Å²) in [6.07, 6.45) is 1.20. The van der Waals surface area contributed by atoms with Gasteiger partial charge in [0.2, 0.25) is 5.95 Å². The van der Waals surface area contributed by atoms with Crippen LogP contribution in [0.15, 0.2) is 36.7 Å². The molecule has 1 atom stereocenters. The lowest BCUT2D eigenvalue weighted by Gasteiger charge is -2.15. The van der Waals surface area contributed by atoms with E-state index in [1.165, 1.54) is 10.9 Å². The van der Waals surface area contributed by atoms with Crippen LogP contribution in [-0.2, 0) is 0 Å². The molecule has 1 N–H and O–H groups in total. The Balaban J connectivity index is 2.45. The molecule has 0 bridgehead atoms. The zero-order chi connectivity index (χ0) is 12.4. The molecular formula is C12H11FN2O2. The molecule has 0 fully saturated rings. The van der Waals surface area contributed by atoms with Crippen LogP contribution < -0.4 is 0 Å². The molecule has 0 amide bonds. The van der Waals surface area contributed by atoms with Crippen molar-refractivity contribution in [3.05, 3.63) is 53.9 Å². The molecule has 2 aromatic rings. The van der Waals surface area contributed by atoms with E-state index in [4.69, 9.17) is 5.11 Å². The molecule has 0 aliphatic rings. The van der Waals surface area contributed by atoms with Crippen LogP contribution in [0.2, 0.25) is 0 Å². The Bertz CT molecular complexity index is 537. The lowest BCUT2D eigenvalue weighted by Crippen LogP contribution is -2.14. The highest BCUT2D eigenvalue weighted by molar-refractivity contribution is 5.85. The summed E-state index contributed by atoms with van der Waals surface area (Å²) >= 11 is 0. The number of imidazole rings is 1. The highest BCUT2D eigenvalue weighted by atomic mass is 19.1. The molecule has 4 nitrogen and oxygen atoms in total. The van der Waals surface area contributed by atoms with Crippen LogP contribution in [0.1, 0.15) is 29.0 Å². The van der Waals surface area contributed by atoms with Crippen molar-refractivity contribution >= 4 is 5.97 Å². The summed E-state index contributed by atoms with van der Waals surface area (Å²) in [5.41, 5.74) is 0.480. The van der Waals surface area contributed by atoms with Crippen molar-refractivity contribution in [2.45, 2.75) is 13.0 Å². The van der Waals surface area contributed by atoms with Crippen molar-refractivity contribution < 1.29 is 14.3 Å². The Morgan fingerprint density at radius 1 is 1.41 bits per heavy atom. The standard InChI is InChI=1S/C12H11FN2O2/c1-8(9-5-3-2-4-6-9)15-7-14-11(13)10(15)12(16)17/h2-8H,1H3,(H,16,17)/t8-/m1/s1. The van der Waals surface area contributed by atoms with Gasteiger partial charge in [-0.3, -0.25) is 0 Å². The molecule has 17 heavy (non-hydrogen) atoms. The summed E-state index contributed by atoms with van der Waals surface area (Å²) in [5, 5.41) is 8.93. The molecule has 0 aliphatic carbocycles. The third-order valence-corrected chi connectivity index (χ3v) is 2.65. The minimum absolute atomic E-state index is 0.278. The second-order valence-corrected chi connectivity index (χ2v) is 3.68. The van der Waals surface area contributed by atoms with Crippen LogP contribution in [0.4, 0.5) is 4.39 Å². The van der Waals surface area contributed by atoms with Gasteiger partial charge in [-0.25, -0.2) is 9.78 Å². The summed E-state index contributed by atoms with van der Waals surface area (Å²) in [5.74, 6) is -2.27. The van der Waals surface area contributed by atoms with Crippen molar-refractivity contribution in [2.24, 2.45) is 0 Å². The SMILES string of the molecule is C[C@H](c1ccccc1)n1cnc(F)c1C(=O)O. The monoisotopic (exact) mass is 234 g/mol. The van der Waals surface area contributed by atoms with Crippen molar-refractivity contribution in [3.63, 3.8) is 0 Å². The Morgan fingerprint density at radius 2 is 2.06 bits per heavy atom. The number of aromatic carboxylic acids is 1. The van der Waals surface area contributed by atoms with E-state index < -0.39 is 17.6 Å². The van der Waals surface area contributed by atoms with Crippen LogP contribution in [0.5, 0.6) is 0 Å². The maximum atomic E-state index is 13.2. The molecule has 0 aliphatic heterocycles.